The molecule has 1 aliphatic heterocycles. The molecular weight excluding hydrogens is 218 g/mol. The van der Waals surface area contributed by atoms with E-state index in [4.69, 9.17) is 15.6 Å². The molecule has 4 heteroatoms. The van der Waals surface area contributed by atoms with Crippen molar-refractivity contribution in [2.75, 3.05) is 13.2 Å². The van der Waals surface area contributed by atoms with Crippen LogP contribution >= 0.6 is 0 Å². The molecule has 0 amide bonds. The molecule has 1 unspecified atom stereocenters. The van der Waals surface area contributed by atoms with Gasteiger partial charge in [-0.3, -0.25) is 4.79 Å². The van der Waals surface area contributed by atoms with Crippen LogP contribution in [0.15, 0.2) is 0 Å². The van der Waals surface area contributed by atoms with E-state index in [0.717, 1.165) is 51.7 Å². The fraction of sp³-hybridized carbons (Fsp3) is 0.923. The van der Waals surface area contributed by atoms with Gasteiger partial charge >= 0.3 is 5.97 Å². The van der Waals surface area contributed by atoms with Gasteiger partial charge in [0.05, 0.1) is 5.92 Å². The Bertz CT molecular complexity index is 255. The summed E-state index contributed by atoms with van der Waals surface area (Å²) in [5, 5.41) is 8.96. The Balaban J connectivity index is 1.81. The lowest BCUT2D eigenvalue weighted by molar-refractivity contribution is -0.143. The topological polar surface area (TPSA) is 72.5 Å². The van der Waals surface area contributed by atoms with Crippen molar-refractivity contribution in [2.45, 2.75) is 44.6 Å². The highest BCUT2D eigenvalue weighted by atomic mass is 16.5. The molecule has 98 valence electrons. The van der Waals surface area contributed by atoms with E-state index in [1.54, 1.807) is 0 Å². The molecule has 17 heavy (non-hydrogen) atoms. The Morgan fingerprint density at radius 3 is 2.12 bits per heavy atom. The van der Waals surface area contributed by atoms with Gasteiger partial charge in [0, 0.05) is 19.3 Å². The molecule has 0 spiro atoms. The highest BCUT2D eigenvalue weighted by Crippen LogP contribution is 2.34. The number of hydrogen-bond donors (Lipinski definition) is 2. The molecule has 1 atom stereocenters. The zero-order valence-electron chi connectivity index (χ0n) is 10.3. The summed E-state index contributed by atoms with van der Waals surface area (Å²) in [7, 11) is 0. The van der Waals surface area contributed by atoms with Crippen LogP contribution in [0.2, 0.25) is 0 Å². The van der Waals surface area contributed by atoms with Gasteiger partial charge in [-0.25, -0.2) is 0 Å². The summed E-state index contributed by atoms with van der Waals surface area (Å²) in [6, 6.07) is 0.244. The number of nitrogens with two attached hydrogens (primary N) is 1. The minimum Gasteiger partial charge on any atom is -0.481 e. The van der Waals surface area contributed by atoms with Gasteiger partial charge in [0.2, 0.25) is 0 Å². The molecule has 2 fully saturated rings. The Hall–Kier alpha value is -0.610. The van der Waals surface area contributed by atoms with E-state index in [0.29, 0.717) is 11.8 Å². The molecule has 0 aromatic heterocycles. The lowest BCUT2D eigenvalue weighted by atomic mass is 9.74. The fourth-order valence-electron chi connectivity index (χ4n) is 3.24. The first kappa shape index (κ1) is 12.8. The van der Waals surface area contributed by atoms with Crippen molar-refractivity contribution in [1.82, 2.24) is 0 Å². The van der Waals surface area contributed by atoms with Crippen molar-refractivity contribution in [3.05, 3.63) is 0 Å². The minimum atomic E-state index is -0.636. The summed E-state index contributed by atoms with van der Waals surface area (Å²) < 4.78 is 5.35. The normalized spacial score (nSPS) is 33.2. The fourth-order valence-corrected chi connectivity index (χ4v) is 3.24. The van der Waals surface area contributed by atoms with Gasteiger partial charge in [-0.05, 0) is 50.4 Å². The predicted molar refractivity (Wildman–Crippen MR) is 64.6 cm³/mol. The molecule has 0 aromatic carbocycles. The third kappa shape index (κ3) is 3.19. The van der Waals surface area contributed by atoms with Crippen LogP contribution in [0, 0.1) is 17.8 Å². The standard InChI is InChI=1S/C13H23NO3/c14-12(10-5-7-17-8-6-10)9-1-3-11(4-2-9)13(15)16/h9-12H,1-8,14H2,(H,15,16). The van der Waals surface area contributed by atoms with Gasteiger partial charge in [-0.2, -0.15) is 0 Å². The summed E-state index contributed by atoms with van der Waals surface area (Å²) in [4.78, 5) is 10.9. The zero-order chi connectivity index (χ0) is 12.3. The summed E-state index contributed by atoms with van der Waals surface area (Å²) in [5.41, 5.74) is 6.34. The maximum atomic E-state index is 10.9. The average Bonchev–Trinajstić information content (AvgIpc) is 2.39. The Morgan fingerprint density at radius 1 is 1.06 bits per heavy atom. The van der Waals surface area contributed by atoms with Gasteiger partial charge in [-0.15, -0.1) is 0 Å². The van der Waals surface area contributed by atoms with Gasteiger partial charge in [0.15, 0.2) is 0 Å². The van der Waals surface area contributed by atoms with Crippen molar-refractivity contribution >= 4 is 5.97 Å². The molecule has 1 aliphatic carbocycles. The molecule has 1 saturated heterocycles. The SMILES string of the molecule is NC(C1CCOCC1)C1CCC(C(=O)O)CC1. The van der Waals surface area contributed by atoms with Gasteiger partial charge < -0.3 is 15.6 Å². The third-order valence-corrected chi connectivity index (χ3v) is 4.48. The Kier molecular flexibility index (Phi) is 4.40. The smallest absolute Gasteiger partial charge is 0.306 e. The van der Waals surface area contributed by atoms with Crippen molar-refractivity contribution in [3.8, 4) is 0 Å². The number of ether oxygens (including phenoxy) is 1. The van der Waals surface area contributed by atoms with Crippen molar-refractivity contribution < 1.29 is 14.6 Å². The maximum Gasteiger partial charge on any atom is 0.306 e. The van der Waals surface area contributed by atoms with Gasteiger partial charge in [-0.1, -0.05) is 0 Å². The van der Waals surface area contributed by atoms with Gasteiger partial charge in [0.1, 0.15) is 0 Å². The quantitative estimate of drug-likeness (QED) is 0.787. The summed E-state index contributed by atoms with van der Waals surface area (Å²) in [6.45, 7) is 1.67. The third-order valence-electron chi connectivity index (χ3n) is 4.48. The second-order valence-electron chi connectivity index (χ2n) is 5.48. The number of aliphatic carboxylic acids is 1. The average molecular weight is 241 g/mol. The number of rotatable bonds is 3. The summed E-state index contributed by atoms with van der Waals surface area (Å²) in [5.74, 6) is 0.333. The van der Waals surface area contributed by atoms with Crippen LogP contribution in [0.1, 0.15) is 38.5 Å². The largest absolute Gasteiger partial charge is 0.481 e. The number of hydrogen-bond acceptors (Lipinski definition) is 3. The number of carbonyl (C=O) groups is 1. The first-order valence-electron chi connectivity index (χ1n) is 6.74. The van der Waals surface area contributed by atoms with Crippen LogP contribution in [-0.2, 0) is 9.53 Å². The molecule has 0 bridgehead atoms. The molecule has 1 saturated carbocycles. The van der Waals surface area contributed by atoms with E-state index in [9.17, 15) is 4.79 Å². The highest BCUT2D eigenvalue weighted by molar-refractivity contribution is 5.69. The molecular formula is C13H23NO3. The van der Waals surface area contributed by atoms with Gasteiger partial charge in [0.25, 0.3) is 0 Å². The molecule has 3 N–H and O–H groups in total. The first-order valence-corrected chi connectivity index (χ1v) is 6.74. The van der Waals surface area contributed by atoms with Crippen molar-refractivity contribution in [3.63, 3.8) is 0 Å². The predicted octanol–water partition coefficient (Wildman–Crippen LogP) is 1.63. The minimum absolute atomic E-state index is 0.131. The van der Waals surface area contributed by atoms with E-state index >= 15 is 0 Å². The first-order chi connectivity index (χ1) is 8.18. The summed E-state index contributed by atoms with van der Waals surface area (Å²) in [6.07, 6.45) is 5.71. The molecule has 0 aromatic rings. The molecule has 2 rings (SSSR count). The zero-order valence-corrected chi connectivity index (χ0v) is 10.3. The number of carboxylic acid groups (broad SMARTS) is 1. The molecule has 2 aliphatic rings. The number of carboxylic acids is 1. The van der Waals surface area contributed by atoms with Crippen molar-refractivity contribution in [1.29, 1.82) is 0 Å². The van der Waals surface area contributed by atoms with E-state index in [2.05, 4.69) is 0 Å². The van der Waals surface area contributed by atoms with Crippen LogP contribution in [0.4, 0.5) is 0 Å². The van der Waals surface area contributed by atoms with Crippen LogP contribution in [0.3, 0.4) is 0 Å². The highest BCUT2D eigenvalue weighted by Gasteiger charge is 2.32. The lowest BCUT2D eigenvalue weighted by Gasteiger charge is -2.36. The molecule has 4 nitrogen and oxygen atoms in total. The summed E-state index contributed by atoms with van der Waals surface area (Å²) >= 11 is 0. The lowest BCUT2D eigenvalue weighted by Crippen LogP contribution is -2.42. The van der Waals surface area contributed by atoms with Crippen LogP contribution in [0.5, 0.6) is 0 Å². The Morgan fingerprint density at radius 2 is 1.59 bits per heavy atom. The van der Waals surface area contributed by atoms with E-state index in [1.807, 2.05) is 0 Å². The van der Waals surface area contributed by atoms with E-state index in [1.165, 1.54) is 0 Å². The van der Waals surface area contributed by atoms with Crippen LogP contribution in [0.25, 0.3) is 0 Å². The second-order valence-corrected chi connectivity index (χ2v) is 5.48. The van der Waals surface area contributed by atoms with E-state index in [-0.39, 0.29) is 12.0 Å². The molecule has 0 radical (unpaired) electrons. The van der Waals surface area contributed by atoms with Crippen molar-refractivity contribution in [2.24, 2.45) is 23.5 Å². The van der Waals surface area contributed by atoms with Crippen LogP contribution < -0.4 is 5.73 Å². The maximum absolute atomic E-state index is 10.9. The van der Waals surface area contributed by atoms with E-state index < -0.39 is 5.97 Å². The molecule has 1 heterocycles. The van der Waals surface area contributed by atoms with Crippen LogP contribution in [-0.4, -0.2) is 30.3 Å². The monoisotopic (exact) mass is 241 g/mol. The second kappa shape index (κ2) is 5.83. The Labute approximate surface area is 103 Å².